The van der Waals surface area contributed by atoms with Gasteiger partial charge in [-0.2, -0.15) is 0 Å². The average Bonchev–Trinajstić information content (AvgIpc) is 2.78. The van der Waals surface area contributed by atoms with E-state index in [0.29, 0.717) is 27.8 Å². The van der Waals surface area contributed by atoms with E-state index in [9.17, 15) is 9.59 Å². The van der Waals surface area contributed by atoms with Crippen molar-refractivity contribution < 1.29 is 14.3 Å². The van der Waals surface area contributed by atoms with Crippen LogP contribution in [0.4, 0.5) is 0 Å². The van der Waals surface area contributed by atoms with Crippen LogP contribution in [-0.2, 0) is 16.1 Å². The lowest BCUT2D eigenvalue weighted by Crippen LogP contribution is -2.54. The van der Waals surface area contributed by atoms with Gasteiger partial charge in [0.25, 0.3) is 5.91 Å². The van der Waals surface area contributed by atoms with Gasteiger partial charge in [-0.1, -0.05) is 66.5 Å². The summed E-state index contributed by atoms with van der Waals surface area (Å²) in [6.07, 6.45) is 0.429. The molecule has 0 heterocycles. The van der Waals surface area contributed by atoms with Gasteiger partial charge in [0.05, 0.1) is 4.47 Å². The number of carbonyl (C=O) groups is 2. The molecule has 0 aliphatic carbocycles. The topological polar surface area (TPSA) is 58.6 Å². The third-order valence-corrected chi connectivity index (χ3v) is 6.82. The lowest BCUT2D eigenvalue weighted by Gasteiger charge is -2.33. The first-order valence-electron chi connectivity index (χ1n) is 11.4. The van der Waals surface area contributed by atoms with Crippen molar-refractivity contribution in [2.45, 2.75) is 52.2 Å². The molecule has 2 amide bonds. The summed E-state index contributed by atoms with van der Waals surface area (Å²) in [6, 6.07) is 16.1. The highest BCUT2D eigenvalue weighted by molar-refractivity contribution is 9.10. The molecule has 186 valence electrons. The van der Waals surface area contributed by atoms with Crippen molar-refractivity contribution in [2.75, 3.05) is 6.61 Å². The van der Waals surface area contributed by atoms with Crippen LogP contribution in [0.15, 0.2) is 59.1 Å². The Bertz CT molecular complexity index is 1230. The van der Waals surface area contributed by atoms with E-state index in [2.05, 4.69) is 21.2 Å². The second kappa shape index (κ2) is 11.6. The second-order valence-corrected chi connectivity index (χ2v) is 10.9. The van der Waals surface area contributed by atoms with Gasteiger partial charge in [-0.3, -0.25) is 9.59 Å². The number of benzene rings is 3. The van der Waals surface area contributed by atoms with Crippen LogP contribution in [-0.4, -0.2) is 34.9 Å². The Hall–Kier alpha value is -2.28. The fourth-order valence-corrected chi connectivity index (χ4v) is 4.83. The largest absolute Gasteiger partial charge is 0.483 e. The molecule has 0 bridgehead atoms. The van der Waals surface area contributed by atoms with Crippen LogP contribution in [0.3, 0.4) is 0 Å². The molecule has 3 aromatic carbocycles. The summed E-state index contributed by atoms with van der Waals surface area (Å²) in [6.45, 7) is 7.49. The lowest BCUT2D eigenvalue weighted by molar-refractivity contribution is -0.143. The summed E-state index contributed by atoms with van der Waals surface area (Å²) in [7, 11) is 0. The summed E-state index contributed by atoms with van der Waals surface area (Å²) in [4.78, 5) is 28.1. The van der Waals surface area contributed by atoms with E-state index >= 15 is 0 Å². The lowest BCUT2D eigenvalue weighted by atomic mass is 10.1. The summed E-state index contributed by atoms with van der Waals surface area (Å²) < 4.78 is 6.70. The van der Waals surface area contributed by atoms with Crippen LogP contribution in [0.5, 0.6) is 5.75 Å². The highest BCUT2D eigenvalue weighted by Gasteiger charge is 2.31. The van der Waals surface area contributed by atoms with Crippen molar-refractivity contribution in [1.82, 2.24) is 10.2 Å². The third-order valence-electron chi connectivity index (χ3n) is 5.42. The molecule has 0 unspecified atom stereocenters. The molecular weight excluding hydrogens is 551 g/mol. The maximum atomic E-state index is 13.5. The molecule has 0 saturated carbocycles. The standard InChI is InChI=1S/C27H29BrCl2N2O3/c1-5-22(26(34)31-27(2,3)4)32(15-18-10-12-19(29)14-21(18)30)24(33)16-35-23-13-11-17-8-6-7-9-20(17)25(23)28/h6-14,22H,5,15-16H2,1-4H3,(H,31,34)/t22-/m0/s1. The number of carbonyl (C=O) groups excluding carboxylic acids is 2. The number of fused-ring (bicyclic) bond motifs is 1. The van der Waals surface area contributed by atoms with E-state index < -0.39 is 11.6 Å². The highest BCUT2D eigenvalue weighted by Crippen LogP contribution is 2.33. The number of hydrogen-bond acceptors (Lipinski definition) is 3. The zero-order valence-electron chi connectivity index (χ0n) is 20.2. The maximum absolute atomic E-state index is 13.5. The second-order valence-electron chi connectivity index (χ2n) is 9.31. The number of hydrogen-bond donors (Lipinski definition) is 1. The van der Waals surface area contributed by atoms with Crippen LogP contribution < -0.4 is 10.1 Å². The van der Waals surface area contributed by atoms with Gasteiger partial charge in [0.2, 0.25) is 5.91 Å². The Morgan fingerprint density at radius 3 is 2.46 bits per heavy atom. The summed E-state index contributed by atoms with van der Waals surface area (Å²) in [5.41, 5.74) is 0.252. The molecule has 0 radical (unpaired) electrons. The van der Waals surface area contributed by atoms with Gasteiger partial charge in [0, 0.05) is 22.1 Å². The van der Waals surface area contributed by atoms with Crippen molar-refractivity contribution in [3.8, 4) is 5.75 Å². The highest BCUT2D eigenvalue weighted by atomic mass is 79.9. The minimum absolute atomic E-state index is 0.146. The molecule has 0 aliphatic rings. The molecule has 3 rings (SSSR count). The Labute approximate surface area is 224 Å². The van der Waals surface area contributed by atoms with E-state index in [1.165, 1.54) is 4.90 Å². The van der Waals surface area contributed by atoms with Gasteiger partial charge in [-0.05, 0) is 77.7 Å². The molecule has 1 atom stereocenters. The third kappa shape index (κ3) is 7.12. The van der Waals surface area contributed by atoms with Crippen molar-refractivity contribution >= 4 is 61.7 Å². The van der Waals surface area contributed by atoms with E-state index in [1.54, 1.807) is 18.2 Å². The SMILES string of the molecule is CC[C@@H](C(=O)NC(C)(C)C)N(Cc1ccc(Cl)cc1Cl)C(=O)COc1ccc2ccccc2c1Br. The van der Waals surface area contributed by atoms with Crippen LogP contribution in [0.25, 0.3) is 10.8 Å². The van der Waals surface area contributed by atoms with E-state index in [4.69, 9.17) is 27.9 Å². The van der Waals surface area contributed by atoms with Gasteiger partial charge in [0.1, 0.15) is 11.8 Å². The molecule has 0 spiro atoms. The van der Waals surface area contributed by atoms with Gasteiger partial charge < -0.3 is 15.0 Å². The number of amides is 2. The number of nitrogens with one attached hydrogen (secondary N) is 1. The number of nitrogens with zero attached hydrogens (tertiary/aromatic N) is 1. The van der Waals surface area contributed by atoms with Gasteiger partial charge in [-0.15, -0.1) is 0 Å². The first-order chi connectivity index (χ1) is 16.5. The monoisotopic (exact) mass is 578 g/mol. The first kappa shape index (κ1) is 27.3. The summed E-state index contributed by atoms with van der Waals surface area (Å²) in [5.74, 6) is -0.00831. The molecule has 0 fully saturated rings. The molecule has 35 heavy (non-hydrogen) atoms. The van der Waals surface area contributed by atoms with E-state index in [-0.39, 0.29) is 25.0 Å². The number of halogens is 3. The van der Waals surface area contributed by atoms with Crippen LogP contribution in [0, 0.1) is 0 Å². The fourth-order valence-electron chi connectivity index (χ4n) is 3.75. The van der Waals surface area contributed by atoms with Gasteiger partial charge in [0.15, 0.2) is 6.61 Å². The predicted octanol–water partition coefficient (Wildman–Crippen LogP) is 7.01. The smallest absolute Gasteiger partial charge is 0.261 e. The van der Waals surface area contributed by atoms with Crippen LogP contribution in [0.2, 0.25) is 10.0 Å². The van der Waals surface area contributed by atoms with E-state index in [0.717, 1.165) is 15.2 Å². The molecule has 8 heteroatoms. The van der Waals surface area contributed by atoms with Crippen LogP contribution >= 0.6 is 39.1 Å². The van der Waals surface area contributed by atoms with Crippen molar-refractivity contribution in [3.63, 3.8) is 0 Å². The Balaban J connectivity index is 1.87. The van der Waals surface area contributed by atoms with Crippen LogP contribution in [0.1, 0.15) is 39.7 Å². The normalized spacial score (nSPS) is 12.3. The molecule has 1 N–H and O–H groups in total. The zero-order chi connectivity index (χ0) is 25.8. The Morgan fingerprint density at radius 2 is 1.80 bits per heavy atom. The molecule has 0 aromatic heterocycles. The molecular formula is C27H29BrCl2N2O3. The Morgan fingerprint density at radius 1 is 1.09 bits per heavy atom. The summed E-state index contributed by atoms with van der Waals surface area (Å²) in [5, 5.41) is 5.95. The van der Waals surface area contributed by atoms with Gasteiger partial charge in [-0.25, -0.2) is 0 Å². The zero-order valence-corrected chi connectivity index (χ0v) is 23.3. The maximum Gasteiger partial charge on any atom is 0.261 e. The number of rotatable bonds is 8. The number of ether oxygens (including phenoxy) is 1. The fraction of sp³-hybridized carbons (Fsp3) is 0.333. The molecule has 0 aliphatic heterocycles. The minimum atomic E-state index is -0.697. The minimum Gasteiger partial charge on any atom is -0.483 e. The van der Waals surface area contributed by atoms with Crippen molar-refractivity contribution in [2.24, 2.45) is 0 Å². The average molecular weight is 580 g/mol. The first-order valence-corrected chi connectivity index (χ1v) is 12.9. The van der Waals surface area contributed by atoms with E-state index in [1.807, 2.05) is 64.1 Å². The quantitative estimate of drug-likeness (QED) is 0.312. The van der Waals surface area contributed by atoms with Crippen molar-refractivity contribution in [1.29, 1.82) is 0 Å². The predicted molar refractivity (Wildman–Crippen MR) is 146 cm³/mol. The van der Waals surface area contributed by atoms with Crippen molar-refractivity contribution in [3.05, 3.63) is 74.7 Å². The molecule has 3 aromatic rings. The van der Waals surface area contributed by atoms with Gasteiger partial charge >= 0.3 is 0 Å². The summed E-state index contributed by atoms with van der Waals surface area (Å²) >= 11 is 16.0. The Kier molecular flexibility index (Phi) is 9.08. The molecule has 0 saturated heterocycles. The molecule has 5 nitrogen and oxygen atoms in total.